The van der Waals surface area contributed by atoms with E-state index < -0.39 is 0 Å². The van der Waals surface area contributed by atoms with Gasteiger partial charge < -0.3 is 5.32 Å². The Morgan fingerprint density at radius 3 is 2.83 bits per heavy atom. The molecular formula is C11H19N. The molecule has 0 aliphatic heterocycles. The first-order valence-electron chi connectivity index (χ1n) is 4.99. The molecule has 1 fully saturated rings. The van der Waals surface area contributed by atoms with Gasteiger partial charge >= 0.3 is 0 Å². The predicted octanol–water partition coefficient (Wildman–Crippen LogP) is 2.18. The molecule has 1 unspecified atom stereocenters. The average Bonchev–Trinajstić information content (AvgIpc) is 2.84. The van der Waals surface area contributed by atoms with Gasteiger partial charge in [-0.15, -0.1) is 12.3 Å². The van der Waals surface area contributed by atoms with Crippen LogP contribution in [-0.2, 0) is 0 Å². The highest BCUT2D eigenvalue weighted by molar-refractivity contribution is 4.84. The van der Waals surface area contributed by atoms with E-state index in [-0.39, 0.29) is 0 Å². The van der Waals surface area contributed by atoms with E-state index in [9.17, 15) is 0 Å². The Balaban J connectivity index is 1.87. The second kappa shape index (κ2) is 5.22. The lowest BCUT2D eigenvalue weighted by Crippen LogP contribution is -2.19. The van der Waals surface area contributed by atoms with Crippen molar-refractivity contribution in [1.29, 1.82) is 0 Å². The SMILES string of the molecule is C#CCCC(C)CCNC1CC1. The summed E-state index contributed by atoms with van der Waals surface area (Å²) >= 11 is 0. The van der Waals surface area contributed by atoms with E-state index in [1.165, 1.54) is 32.2 Å². The Morgan fingerprint density at radius 2 is 2.25 bits per heavy atom. The molecule has 0 radical (unpaired) electrons. The maximum absolute atomic E-state index is 5.20. The third kappa shape index (κ3) is 4.41. The van der Waals surface area contributed by atoms with Gasteiger partial charge in [-0.2, -0.15) is 0 Å². The van der Waals surface area contributed by atoms with Crippen molar-refractivity contribution >= 4 is 0 Å². The monoisotopic (exact) mass is 165 g/mol. The first-order chi connectivity index (χ1) is 5.83. The van der Waals surface area contributed by atoms with E-state index in [0.717, 1.165) is 18.4 Å². The van der Waals surface area contributed by atoms with Crippen molar-refractivity contribution < 1.29 is 0 Å². The number of rotatable bonds is 6. The van der Waals surface area contributed by atoms with Gasteiger partial charge in [0.05, 0.1) is 0 Å². The zero-order valence-corrected chi connectivity index (χ0v) is 7.97. The Hall–Kier alpha value is -0.480. The first-order valence-corrected chi connectivity index (χ1v) is 4.99. The Labute approximate surface area is 75.9 Å². The quantitative estimate of drug-likeness (QED) is 0.595. The first kappa shape index (κ1) is 9.61. The zero-order chi connectivity index (χ0) is 8.81. The molecule has 0 aromatic heterocycles. The summed E-state index contributed by atoms with van der Waals surface area (Å²) in [6.07, 6.45) is 11.4. The van der Waals surface area contributed by atoms with Gasteiger partial charge in [0.1, 0.15) is 0 Å². The van der Waals surface area contributed by atoms with Crippen LogP contribution in [0, 0.1) is 18.3 Å². The highest BCUT2D eigenvalue weighted by Gasteiger charge is 2.19. The number of terminal acetylenes is 1. The van der Waals surface area contributed by atoms with E-state index in [0.29, 0.717) is 0 Å². The van der Waals surface area contributed by atoms with Gasteiger partial charge in [0, 0.05) is 12.5 Å². The van der Waals surface area contributed by atoms with Crippen LogP contribution in [-0.4, -0.2) is 12.6 Å². The molecule has 0 amide bonds. The number of hydrogen-bond donors (Lipinski definition) is 1. The standard InChI is InChI=1S/C11H19N/c1-3-4-5-10(2)8-9-12-11-6-7-11/h1,10-12H,4-9H2,2H3. The highest BCUT2D eigenvalue weighted by atomic mass is 14.9. The van der Waals surface area contributed by atoms with E-state index in [2.05, 4.69) is 18.2 Å². The maximum atomic E-state index is 5.20. The van der Waals surface area contributed by atoms with Crippen LogP contribution in [0.25, 0.3) is 0 Å². The summed E-state index contributed by atoms with van der Waals surface area (Å²) in [7, 11) is 0. The van der Waals surface area contributed by atoms with Crippen LogP contribution in [0.15, 0.2) is 0 Å². The van der Waals surface area contributed by atoms with Gasteiger partial charge in [-0.1, -0.05) is 6.92 Å². The molecule has 0 aromatic rings. The van der Waals surface area contributed by atoms with Gasteiger partial charge in [0.2, 0.25) is 0 Å². The van der Waals surface area contributed by atoms with Crippen LogP contribution in [0.3, 0.4) is 0 Å². The van der Waals surface area contributed by atoms with Crippen LogP contribution in [0.4, 0.5) is 0 Å². The molecular weight excluding hydrogens is 146 g/mol. The second-order valence-corrected chi connectivity index (χ2v) is 3.87. The zero-order valence-electron chi connectivity index (χ0n) is 7.97. The lowest BCUT2D eigenvalue weighted by Gasteiger charge is -2.09. The fourth-order valence-corrected chi connectivity index (χ4v) is 1.30. The fraction of sp³-hybridized carbons (Fsp3) is 0.818. The third-order valence-corrected chi connectivity index (χ3v) is 2.43. The van der Waals surface area contributed by atoms with Crippen molar-refractivity contribution in [3.63, 3.8) is 0 Å². The van der Waals surface area contributed by atoms with Crippen LogP contribution in [0.5, 0.6) is 0 Å². The van der Waals surface area contributed by atoms with E-state index in [1.54, 1.807) is 0 Å². The molecule has 0 bridgehead atoms. The maximum Gasteiger partial charge on any atom is 0.00886 e. The molecule has 1 nitrogen and oxygen atoms in total. The van der Waals surface area contributed by atoms with Crippen molar-refractivity contribution in [2.45, 2.75) is 45.1 Å². The van der Waals surface area contributed by atoms with Crippen LogP contribution in [0.2, 0.25) is 0 Å². The Kier molecular flexibility index (Phi) is 4.18. The van der Waals surface area contributed by atoms with Gasteiger partial charge in [-0.3, -0.25) is 0 Å². The minimum Gasteiger partial charge on any atom is -0.314 e. The van der Waals surface area contributed by atoms with Crippen LogP contribution < -0.4 is 5.32 Å². The van der Waals surface area contributed by atoms with Crippen LogP contribution >= 0.6 is 0 Å². The summed E-state index contributed by atoms with van der Waals surface area (Å²) in [6.45, 7) is 3.46. The van der Waals surface area contributed by atoms with E-state index >= 15 is 0 Å². The van der Waals surface area contributed by atoms with E-state index in [1.807, 2.05) is 0 Å². The Bertz CT molecular complexity index is 153. The fourth-order valence-electron chi connectivity index (χ4n) is 1.30. The van der Waals surface area contributed by atoms with Gasteiger partial charge in [-0.05, 0) is 38.1 Å². The summed E-state index contributed by atoms with van der Waals surface area (Å²) in [6, 6.07) is 0.852. The minimum absolute atomic E-state index is 0.785. The largest absolute Gasteiger partial charge is 0.314 e. The summed E-state index contributed by atoms with van der Waals surface area (Å²) in [5.41, 5.74) is 0. The van der Waals surface area contributed by atoms with Crippen molar-refractivity contribution in [2.24, 2.45) is 5.92 Å². The topological polar surface area (TPSA) is 12.0 Å². The van der Waals surface area contributed by atoms with Crippen molar-refractivity contribution in [2.75, 3.05) is 6.54 Å². The lowest BCUT2D eigenvalue weighted by molar-refractivity contribution is 0.475. The highest BCUT2D eigenvalue weighted by Crippen LogP contribution is 2.19. The molecule has 1 heteroatoms. The third-order valence-electron chi connectivity index (χ3n) is 2.43. The summed E-state index contributed by atoms with van der Waals surface area (Å²) in [5.74, 6) is 3.47. The number of hydrogen-bond acceptors (Lipinski definition) is 1. The second-order valence-electron chi connectivity index (χ2n) is 3.87. The summed E-state index contributed by atoms with van der Waals surface area (Å²) < 4.78 is 0. The molecule has 1 rings (SSSR count). The molecule has 68 valence electrons. The van der Waals surface area contributed by atoms with Gasteiger partial charge in [0.25, 0.3) is 0 Å². The molecule has 1 aliphatic rings. The molecule has 1 saturated carbocycles. The summed E-state index contributed by atoms with van der Waals surface area (Å²) in [5, 5.41) is 3.51. The molecule has 1 aliphatic carbocycles. The minimum atomic E-state index is 0.785. The van der Waals surface area contributed by atoms with E-state index in [4.69, 9.17) is 6.42 Å². The van der Waals surface area contributed by atoms with Crippen molar-refractivity contribution in [3.05, 3.63) is 0 Å². The lowest BCUT2D eigenvalue weighted by atomic mass is 10.0. The molecule has 1 atom stereocenters. The number of nitrogens with one attached hydrogen (secondary N) is 1. The molecule has 0 aromatic carbocycles. The van der Waals surface area contributed by atoms with Crippen molar-refractivity contribution in [1.82, 2.24) is 5.32 Å². The molecule has 0 saturated heterocycles. The van der Waals surface area contributed by atoms with Crippen molar-refractivity contribution in [3.8, 4) is 12.3 Å². The Morgan fingerprint density at radius 1 is 1.50 bits per heavy atom. The summed E-state index contributed by atoms with van der Waals surface area (Å²) in [4.78, 5) is 0. The average molecular weight is 165 g/mol. The molecule has 0 heterocycles. The molecule has 0 spiro atoms. The molecule has 1 N–H and O–H groups in total. The smallest absolute Gasteiger partial charge is 0.00886 e. The normalized spacial score (nSPS) is 18.7. The molecule has 12 heavy (non-hydrogen) atoms. The van der Waals surface area contributed by atoms with Gasteiger partial charge in [0.15, 0.2) is 0 Å². The van der Waals surface area contributed by atoms with Gasteiger partial charge in [-0.25, -0.2) is 0 Å². The predicted molar refractivity (Wildman–Crippen MR) is 52.9 cm³/mol. The van der Waals surface area contributed by atoms with Crippen LogP contribution in [0.1, 0.15) is 39.0 Å².